The van der Waals surface area contributed by atoms with E-state index in [4.69, 9.17) is 14.2 Å². The van der Waals surface area contributed by atoms with E-state index in [1.165, 1.54) is 0 Å². The fourth-order valence-electron chi connectivity index (χ4n) is 5.76. The maximum absolute atomic E-state index is 13.2. The molecule has 5 unspecified atom stereocenters. The molecule has 0 heterocycles. The monoisotopic (exact) mass is 656 g/mol. The second-order valence-electron chi connectivity index (χ2n) is 16.3. The first-order chi connectivity index (χ1) is 19.3. The number of hydrogen-bond acceptors (Lipinski definition) is 9. The fraction of sp³-hybridized carbons (Fsp3) is 0.909. The van der Waals surface area contributed by atoms with Crippen LogP contribution in [0.4, 0.5) is 0 Å². The minimum absolute atomic E-state index is 0. The molecule has 0 N–H and O–H groups in total. The quantitative estimate of drug-likeness (QED) is 0.0931. The topological polar surface area (TPSA) is 136 Å². The Morgan fingerprint density at radius 3 is 1.25 bits per heavy atom. The number of rotatable bonds is 18. The van der Waals surface area contributed by atoms with E-state index in [-0.39, 0.29) is 83.4 Å². The molecule has 0 bridgehead atoms. The summed E-state index contributed by atoms with van der Waals surface area (Å²) in [7, 11) is -5.39. The molecule has 0 radical (unpaired) electrons. The third-order valence-corrected chi connectivity index (χ3v) is 8.21. The summed E-state index contributed by atoms with van der Waals surface area (Å²) in [5.74, 6) is -4.59. The smallest absolute Gasteiger partial charge is 0.747 e. The minimum atomic E-state index is -5.39. The summed E-state index contributed by atoms with van der Waals surface area (Å²) in [5.41, 5.74) is 0.216. The third kappa shape index (κ3) is 22.8. The van der Waals surface area contributed by atoms with E-state index in [2.05, 4.69) is 62.3 Å². The molecule has 254 valence electrons. The Bertz CT molecular complexity index is 975. The van der Waals surface area contributed by atoms with Crippen LogP contribution in [-0.4, -0.2) is 55.9 Å². The summed E-state index contributed by atoms with van der Waals surface area (Å²) >= 11 is 0. The molecule has 5 atom stereocenters. The van der Waals surface area contributed by atoms with E-state index in [0.29, 0.717) is 19.3 Å². The molecule has 0 amide bonds. The van der Waals surface area contributed by atoms with Gasteiger partial charge in [-0.1, -0.05) is 83.1 Å². The van der Waals surface area contributed by atoms with Crippen molar-refractivity contribution in [3.63, 3.8) is 0 Å². The van der Waals surface area contributed by atoms with E-state index in [1.807, 2.05) is 20.8 Å². The molecular formula is C33H61NaO9S. The molecule has 9 nitrogen and oxygen atoms in total. The van der Waals surface area contributed by atoms with Crippen LogP contribution in [0.15, 0.2) is 0 Å². The van der Waals surface area contributed by atoms with E-state index in [9.17, 15) is 27.4 Å². The van der Waals surface area contributed by atoms with Gasteiger partial charge in [0.2, 0.25) is 0 Å². The molecule has 0 aliphatic heterocycles. The number of carbonyl (C=O) groups excluding carboxylic acids is 3. The van der Waals surface area contributed by atoms with Crippen molar-refractivity contribution in [3.8, 4) is 0 Å². The average molecular weight is 657 g/mol. The van der Waals surface area contributed by atoms with Gasteiger partial charge in [0, 0.05) is 0 Å². The van der Waals surface area contributed by atoms with Gasteiger partial charge in [0.05, 0.1) is 32.2 Å². The van der Waals surface area contributed by atoms with Crippen molar-refractivity contribution < 1.29 is 71.1 Å². The van der Waals surface area contributed by atoms with Gasteiger partial charge in [-0.2, -0.15) is 0 Å². The molecule has 0 fully saturated rings. The van der Waals surface area contributed by atoms with Crippen LogP contribution in [0.2, 0.25) is 0 Å². The molecule has 0 aliphatic rings. The number of esters is 3. The average Bonchev–Trinajstić information content (AvgIpc) is 2.73. The van der Waals surface area contributed by atoms with Crippen molar-refractivity contribution in [3.05, 3.63) is 0 Å². The molecule has 44 heavy (non-hydrogen) atoms. The maximum atomic E-state index is 13.2. The van der Waals surface area contributed by atoms with Gasteiger partial charge in [0.1, 0.15) is 10.1 Å². The zero-order chi connectivity index (χ0) is 33.8. The van der Waals surface area contributed by atoms with Crippen LogP contribution in [-0.2, 0) is 38.7 Å². The van der Waals surface area contributed by atoms with Gasteiger partial charge in [-0.3, -0.25) is 14.4 Å². The molecule has 0 aliphatic carbocycles. The van der Waals surface area contributed by atoms with Crippen LogP contribution < -0.4 is 29.6 Å². The van der Waals surface area contributed by atoms with Crippen LogP contribution in [0.25, 0.3) is 0 Å². The van der Waals surface area contributed by atoms with E-state index >= 15 is 0 Å². The van der Waals surface area contributed by atoms with Gasteiger partial charge in [-0.25, -0.2) is 8.42 Å². The first-order valence-electron chi connectivity index (χ1n) is 15.7. The SMILES string of the molecule is CC(CCOC(=O)CC(C(=O)OCCC(C)CC(C)(C)C)C(C(=O)OCCC(C)CC(C)(C)C)S(=O)(=O)[O-])CC(C)(C)C.[Na+]. The molecule has 0 rings (SSSR count). The second kappa shape index (κ2) is 19.9. The molecular weight excluding hydrogens is 595 g/mol. The molecule has 0 saturated carbocycles. The van der Waals surface area contributed by atoms with Crippen molar-refractivity contribution in [1.29, 1.82) is 0 Å². The molecule has 0 saturated heterocycles. The Kier molecular flexibility index (Phi) is 20.5. The predicted octanol–water partition coefficient (Wildman–Crippen LogP) is 3.93. The standard InChI is InChI=1S/C33H62O9S.Na/c1-23(20-31(4,5)6)13-16-40-27(34)19-26(29(35)41-17-14-24(2)21-32(7,8)9)28(43(37,38)39)30(36)42-18-15-25(3)22-33(10,11)12;/h23-26,28H,13-22H2,1-12H3,(H,37,38,39);/q;+1/p-1. The van der Waals surface area contributed by atoms with Gasteiger partial charge in [-0.15, -0.1) is 0 Å². The number of hydrogen-bond donors (Lipinski definition) is 0. The van der Waals surface area contributed by atoms with Crippen LogP contribution in [0, 0.1) is 39.9 Å². The van der Waals surface area contributed by atoms with Crippen LogP contribution in [0.3, 0.4) is 0 Å². The number of ether oxygens (including phenoxy) is 3. The van der Waals surface area contributed by atoms with Crippen LogP contribution in [0.5, 0.6) is 0 Å². The first-order valence-corrected chi connectivity index (χ1v) is 17.2. The van der Waals surface area contributed by atoms with Gasteiger partial charge in [0.25, 0.3) is 0 Å². The van der Waals surface area contributed by atoms with Crippen molar-refractivity contribution in [2.45, 2.75) is 133 Å². The predicted molar refractivity (Wildman–Crippen MR) is 168 cm³/mol. The second-order valence-corrected chi connectivity index (χ2v) is 17.7. The first kappa shape index (κ1) is 45.4. The summed E-state index contributed by atoms with van der Waals surface area (Å²) in [6.45, 7) is 24.8. The van der Waals surface area contributed by atoms with E-state index < -0.39 is 45.6 Å². The van der Waals surface area contributed by atoms with Crippen molar-refractivity contribution in [2.24, 2.45) is 39.9 Å². The largest absolute Gasteiger partial charge is 1.00 e. The Morgan fingerprint density at radius 2 is 0.932 bits per heavy atom. The van der Waals surface area contributed by atoms with Gasteiger partial charge in [-0.05, 0) is 72.5 Å². The summed E-state index contributed by atoms with van der Waals surface area (Å²) in [4.78, 5) is 38.9. The Morgan fingerprint density at radius 1 is 0.614 bits per heavy atom. The van der Waals surface area contributed by atoms with Gasteiger partial charge in [0.15, 0.2) is 5.25 Å². The Labute approximate surface area is 290 Å². The third-order valence-electron chi connectivity index (χ3n) is 7.06. The number of carbonyl (C=O) groups is 3. The van der Waals surface area contributed by atoms with Crippen LogP contribution in [0.1, 0.15) is 128 Å². The normalized spacial score (nSPS) is 16.1. The molecule has 11 heteroatoms. The molecule has 0 aromatic carbocycles. The van der Waals surface area contributed by atoms with Crippen molar-refractivity contribution in [2.75, 3.05) is 19.8 Å². The molecule has 0 spiro atoms. The van der Waals surface area contributed by atoms with Gasteiger partial charge < -0.3 is 18.8 Å². The van der Waals surface area contributed by atoms with Crippen molar-refractivity contribution in [1.82, 2.24) is 0 Å². The van der Waals surface area contributed by atoms with E-state index in [1.54, 1.807) is 0 Å². The Hall–Kier alpha value is -0.680. The Balaban J connectivity index is 0. The zero-order valence-electron chi connectivity index (χ0n) is 30.0. The summed E-state index contributed by atoms with van der Waals surface area (Å²) < 4.78 is 52.9. The summed E-state index contributed by atoms with van der Waals surface area (Å²) in [6, 6.07) is 0. The summed E-state index contributed by atoms with van der Waals surface area (Å²) in [6.07, 6.45) is 3.35. The minimum Gasteiger partial charge on any atom is -0.747 e. The zero-order valence-corrected chi connectivity index (χ0v) is 32.9. The fourth-order valence-corrected chi connectivity index (χ4v) is 6.68. The maximum Gasteiger partial charge on any atom is 1.00 e. The van der Waals surface area contributed by atoms with E-state index in [0.717, 1.165) is 19.3 Å². The molecule has 0 aromatic rings. The van der Waals surface area contributed by atoms with Crippen LogP contribution >= 0.6 is 0 Å². The van der Waals surface area contributed by atoms with Gasteiger partial charge >= 0.3 is 47.5 Å². The molecule has 0 aromatic heterocycles. The summed E-state index contributed by atoms with van der Waals surface area (Å²) in [5, 5.41) is -2.42. The van der Waals surface area contributed by atoms with Crippen molar-refractivity contribution >= 4 is 28.0 Å².